The Kier molecular flexibility index (Phi) is 53.0. The molecule has 0 aromatic rings. The summed E-state index contributed by atoms with van der Waals surface area (Å²) >= 11 is 0. The number of hydrogen-bond donors (Lipinski definition) is 0. The molecular formula is C63H102O6. The smallest absolute Gasteiger partial charge is 0.306 e. The lowest BCUT2D eigenvalue weighted by molar-refractivity contribution is -0.167. The lowest BCUT2D eigenvalue weighted by Crippen LogP contribution is -2.30. The lowest BCUT2D eigenvalue weighted by Gasteiger charge is -2.18. The minimum absolute atomic E-state index is 0.0990. The van der Waals surface area contributed by atoms with E-state index in [4.69, 9.17) is 14.2 Å². The van der Waals surface area contributed by atoms with E-state index < -0.39 is 6.10 Å². The highest BCUT2D eigenvalue weighted by Crippen LogP contribution is 2.14. The molecule has 1 atom stereocenters. The first kappa shape index (κ1) is 64.8. The third-order valence-corrected chi connectivity index (χ3v) is 11.5. The second-order valence-corrected chi connectivity index (χ2v) is 18.1. The molecule has 0 saturated carbocycles. The second kappa shape index (κ2) is 56.4. The van der Waals surface area contributed by atoms with Gasteiger partial charge >= 0.3 is 17.9 Å². The molecule has 1 unspecified atom stereocenters. The third kappa shape index (κ3) is 54.6. The van der Waals surface area contributed by atoms with Gasteiger partial charge in [0.2, 0.25) is 0 Å². The first-order valence-corrected chi connectivity index (χ1v) is 28.0. The number of unbranched alkanes of at least 4 members (excludes halogenated alkanes) is 18. The van der Waals surface area contributed by atoms with Gasteiger partial charge in [-0.15, -0.1) is 0 Å². The van der Waals surface area contributed by atoms with E-state index in [1.54, 1.807) is 0 Å². The van der Waals surface area contributed by atoms with Crippen LogP contribution in [-0.2, 0) is 28.6 Å². The fourth-order valence-electron chi connectivity index (χ4n) is 7.32. The molecule has 0 aromatic carbocycles. The Labute approximate surface area is 424 Å². The molecule has 0 heterocycles. The van der Waals surface area contributed by atoms with Crippen molar-refractivity contribution >= 4 is 17.9 Å². The number of rotatable bonds is 49. The van der Waals surface area contributed by atoms with Gasteiger partial charge in [-0.05, 0) is 109 Å². The van der Waals surface area contributed by atoms with Crippen LogP contribution in [0.2, 0.25) is 0 Å². The number of carbonyl (C=O) groups excluding carboxylic acids is 3. The third-order valence-electron chi connectivity index (χ3n) is 11.5. The van der Waals surface area contributed by atoms with E-state index in [-0.39, 0.29) is 37.5 Å². The molecule has 0 aliphatic rings. The predicted octanol–water partition coefficient (Wildman–Crippen LogP) is 18.9. The molecule has 0 aromatic heterocycles. The minimum atomic E-state index is -0.801. The van der Waals surface area contributed by atoms with Crippen molar-refractivity contribution in [3.63, 3.8) is 0 Å². The van der Waals surface area contributed by atoms with E-state index in [1.807, 2.05) is 0 Å². The molecule has 0 spiro atoms. The fraction of sp³-hybridized carbons (Fsp3) is 0.635. The van der Waals surface area contributed by atoms with Crippen molar-refractivity contribution in [3.05, 3.63) is 122 Å². The van der Waals surface area contributed by atoms with Gasteiger partial charge in [-0.1, -0.05) is 232 Å². The molecule has 0 amide bonds. The van der Waals surface area contributed by atoms with Gasteiger partial charge < -0.3 is 14.2 Å². The molecule has 390 valence electrons. The van der Waals surface area contributed by atoms with Crippen LogP contribution in [0.25, 0.3) is 0 Å². The maximum atomic E-state index is 12.8. The summed E-state index contributed by atoms with van der Waals surface area (Å²) in [4.78, 5) is 37.8. The van der Waals surface area contributed by atoms with Gasteiger partial charge in [-0.25, -0.2) is 0 Å². The Morgan fingerprint density at radius 3 is 0.913 bits per heavy atom. The Hall–Kier alpha value is -4.19. The number of allylic oxidation sites excluding steroid dienone is 20. The van der Waals surface area contributed by atoms with E-state index in [2.05, 4.69) is 142 Å². The molecule has 6 nitrogen and oxygen atoms in total. The molecule has 0 aliphatic carbocycles. The van der Waals surface area contributed by atoms with Crippen molar-refractivity contribution in [1.29, 1.82) is 0 Å². The van der Waals surface area contributed by atoms with Crippen LogP contribution >= 0.6 is 0 Å². The number of hydrogen-bond acceptors (Lipinski definition) is 6. The average molecular weight is 956 g/mol. The van der Waals surface area contributed by atoms with E-state index in [9.17, 15) is 14.4 Å². The van der Waals surface area contributed by atoms with Gasteiger partial charge in [0, 0.05) is 19.3 Å². The number of carbonyl (C=O) groups is 3. The van der Waals surface area contributed by atoms with Crippen LogP contribution in [0.1, 0.15) is 239 Å². The summed E-state index contributed by atoms with van der Waals surface area (Å²) in [6.07, 6.45) is 78.1. The van der Waals surface area contributed by atoms with Crippen molar-refractivity contribution in [2.45, 2.75) is 245 Å². The lowest BCUT2D eigenvalue weighted by atomic mass is 10.0. The van der Waals surface area contributed by atoms with Gasteiger partial charge in [0.05, 0.1) is 0 Å². The Balaban J connectivity index is 4.19. The molecular weight excluding hydrogens is 853 g/mol. The van der Waals surface area contributed by atoms with Gasteiger partial charge in [0.1, 0.15) is 13.2 Å². The fourth-order valence-corrected chi connectivity index (χ4v) is 7.32. The number of esters is 3. The maximum absolute atomic E-state index is 12.8. The zero-order valence-corrected chi connectivity index (χ0v) is 44.5. The van der Waals surface area contributed by atoms with Crippen LogP contribution in [0.5, 0.6) is 0 Å². The molecule has 0 N–H and O–H groups in total. The largest absolute Gasteiger partial charge is 0.462 e. The summed E-state index contributed by atoms with van der Waals surface area (Å²) in [7, 11) is 0. The minimum Gasteiger partial charge on any atom is -0.462 e. The molecule has 0 rings (SSSR count). The van der Waals surface area contributed by atoms with E-state index in [0.717, 1.165) is 128 Å². The molecule has 0 fully saturated rings. The summed E-state index contributed by atoms with van der Waals surface area (Å²) in [6, 6.07) is 0. The van der Waals surface area contributed by atoms with Gasteiger partial charge in [0.15, 0.2) is 6.10 Å². The van der Waals surface area contributed by atoms with Crippen LogP contribution in [0.15, 0.2) is 122 Å². The summed E-state index contributed by atoms with van der Waals surface area (Å²) < 4.78 is 16.7. The Bertz CT molecular complexity index is 1470. The Morgan fingerprint density at radius 1 is 0.304 bits per heavy atom. The summed E-state index contributed by atoms with van der Waals surface area (Å²) in [6.45, 7) is 6.28. The first-order valence-electron chi connectivity index (χ1n) is 28.0. The molecule has 0 aliphatic heterocycles. The summed E-state index contributed by atoms with van der Waals surface area (Å²) in [5.41, 5.74) is 0. The number of ether oxygens (including phenoxy) is 3. The highest BCUT2D eigenvalue weighted by molar-refractivity contribution is 5.71. The molecule has 0 saturated heterocycles. The maximum Gasteiger partial charge on any atom is 0.306 e. The van der Waals surface area contributed by atoms with Crippen LogP contribution in [0.4, 0.5) is 0 Å². The van der Waals surface area contributed by atoms with Crippen LogP contribution in [0, 0.1) is 0 Å². The molecule has 0 bridgehead atoms. The molecule has 0 radical (unpaired) electrons. The summed E-state index contributed by atoms with van der Waals surface area (Å²) in [5.74, 6) is -0.963. The average Bonchev–Trinajstić information content (AvgIpc) is 3.35. The normalized spacial score (nSPS) is 13.0. The molecule has 69 heavy (non-hydrogen) atoms. The van der Waals surface area contributed by atoms with Crippen molar-refractivity contribution in [2.24, 2.45) is 0 Å². The van der Waals surface area contributed by atoms with Crippen molar-refractivity contribution in [3.8, 4) is 0 Å². The predicted molar refractivity (Wildman–Crippen MR) is 297 cm³/mol. The second-order valence-electron chi connectivity index (χ2n) is 18.1. The quantitative estimate of drug-likeness (QED) is 0.0262. The van der Waals surface area contributed by atoms with Crippen molar-refractivity contribution in [2.75, 3.05) is 13.2 Å². The van der Waals surface area contributed by atoms with Crippen molar-refractivity contribution < 1.29 is 28.6 Å². The van der Waals surface area contributed by atoms with Crippen LogP contribution < -0.4 is 0 Å². The topological polar surface area (TPSA) is 78.9 Å². The summed E-state index contributed by atoms with van der Waals surface area (Å²) in [5, 5.41) is 0. The van der Waals surface area contributed by atoms with Gasteiger partial charge in [-0.2, -0.15) is 0 Å². The standard InChI is InChI=1S/C63H102O6/c1-4-7-10-13-15-17-19-21-23-25-27-29-30-31-32-34-35-37-39-41-43-45-47-50-53-56-62(65)68-59-60(58-67-61(64)55-52-49-12-9-6-3)69-63(66)57-54-51-48-46-44-42-40-38-36-33-28-26-24-22-20-18-16-14-11-8-5-2/h7-8,10-11,15-18,21-24,27-29,33,38,40,44,46,60H,4-6,9,12-14,19-20,25-26,30-32,34-37,39,41-43,45,47-59H2,1-3H3/b10-7-,11-8-,17-15-,18-16-,23-21-,24-22-,29-27-,33-28-,40-38-,46-44-. The zero-order valence-electron chi connectivity index (χ0n) is 44.5. The van der Waals surface area contributed by atoms with Crippen LogP contribution in [0.3, 0.4) is 0 Å². The molecule has 6 heteroatoms. The highest BCUT2D eigenvalue weighted by atomic mass is 16.6. The van der Waals surface area contributed by atoms with Crippen molar-refractivity contribution in [1.82, 2.24) is 0 Å². The first-order chi connectivity index (χ1) is 34.0. The van der Waals surface area contributed by atoms with Crippen LogP contribution in [-0.4, -0.2) is 37.2 Å². The van der Waals surface area contributed by atoms with E-state index in [1.165, 1.54) is 64.2 Å². The zero-order chi connectivity index (χ0) is 50.0. The highest BCUT2D eigenvalue weighted by Gasteiger charge is 2.19. The van der Waals surface area contributed by atoms with Gasteiger partial charge in [-0.3, -0.25) is 14.4 Å². The van der Waals surface area contributed by atoms with E-state index >= 15 is 0 Å². The Morgan fingerprint density at radius 2 is 0.565 bits per heavy atom. The SMILES string of the molecule is CC/C=C\C/C=C\C/C=C\C/C=C\C/C=C\C/C=C\CCCCC(=O)OC(COC(=O)CCCCCCC)COC(=O)CCCCCCCCCCCCCC/C=C\C/C=C\C/C=C\C/C=C\CC. The van der Waals surface area contributed by atoms with Gasteiger partial charge in [0.25, 0.3) is 0 Å². The monoisotopic (exact) mass is 955 g/mol. The van der Waals surface area contributed by atoms with E-state index in [0.29, 0.717) is 19.3 Å².